The van der Waals surface area contributed by atoms with Crippen LogP contribution in [0.25, 0.3) is 0 Å². The number of nitrogens with zero attached hydrogens (tertiary/aromatic N) is 1. The molecule has 0 spiro atoms. The maximum absolute atomic E-state index is 13.5. The van der Waals surface area contributed by atoms with Gasteiger partial charge in [0.15, 0.2) is 0 Å². The van der Waals surface area contributed by atoms with Gasteiger partial charge in [-0.2, -0.15) is 0 Å². The SMILES string of the molecule is CC1(C)CC(NC(=O)[C@]23CC[C@@](C)(/C(=N\O)C2)C3(C)C)CC(C)(C)[NH2+]1. The molecule has 2 bridgehead atoms. The van der Waals surface area contributed by atoms with E-state index in [1.54, 1.807) is 0 Å². The minimum absolute atomic E-state index is 0.129. The van der Waals surface area contributed by atoms with Gasteiger partial charge in [0.25, 0.3) is 0 Å². The van der Waals surface area contributed by atoms with Crippen LogP contribution in [0.5, 0.6) is 0 Å². The molecule has 1 saturated heterocycles. The lowest BCUT2D eigenvalue weighted by Crippen LogP contribution is -3.06. The lowest BCUT2D eigenvalue weighted by molar-refractivity contribution is -0.788. The lowest BCUT2D eigenvalue weighted by Gasteiger charge is -2.45. The van der Waals surface area contributed by atoms with Gasteiger partial charge >= 0.3 is 0 Å². The summed E-state index contributed by atoms with van der Waals surface area (Å²) in [6.45, 7) is 15.6. The number of fused-ring (bicyclic) bond motifs is 2. The van der Waals surface area contributed by atoms with E-state index in [-0.39, 0.29) is 33.9 Å². The van der Waals surface area contributed by atoms with E-state index in [4.69, 9.17) is 0 Å². The number of hydrogen-bond acceptors (Lipinski definition) is 3. The fourth-order valence-electron chi connectivity index (χ4n) is 6.48. The number of carbonyl (C=O) groups excluding carboxylic acids is 1. The van der Waals surface area contributed by atoms with E-state index < -0.39 is 5.41 Å². The fraction of sp³-hybridized carbons (Fsp3) is 0.900. The van der Waals surface area contributed by atoms with Crippen molar-refractivity contribution in [3.63, 3.8) is 0 Å². The molecule has 0 radical (unpaired) electrons. The van der Waals surface area contributed by atoms with Gasteiger partial charge in [0, 0.05) is 30.7 Å². The predicted octanol–water partition coefficient (Wildman–Crippen LogP) is 2.43. The number of oxime groups is 1. The van der Waals surface area contributed by atoms with E-state index in [1.165, 1.54) is 0 Å². The molecule has 1 amide bonds. The first kappa shape index (κ1) is 18.7. The molecule has 3 fully saturated rings. The van der Waals surface area contributed by atoms with Crippen LogP contribution in [-0.2, 0) is 4.79 Å². The van der Waals surface area contributed by atoms with Gasteiger partial charge in [-0.3, -0.25) is 4.79 Å². The molecule has 2 aliphatic carbocycles. The number of carbonyl (C=O) groups is 1. The molecule has 2 saturated carbocycles. The predicted molar refractivity (Wildman–Crippen MR) is 98.6 cm³/mol. The van der Waals surface area contributed by atoms with E-state index >= 15 is 0 Å². The molecule has 3 rings (SSSR count). The Labute approximate surface area is 152 Å². The maximum atomic E-state index is 13.5. The Hall–Kier alpha value is -1.10. The number of quaternary nitrogens is 1. The van der Waals surface area contributed by atoms with Crippen molar-refractivity contribution >= 4 is 11.6 Å². The minimum atomic E-state index is -0.446. The second-order valence-electron chi connectivity index (χ2n) is 11.0. The van der Waals surface area contributed by atoms with Crippen LogP contribution in [0.1, 0.15) is 80.6 Å². The highest BCUT2D eigenvalue weighted by molar-refractivity contribution is 6.02. The number of piperidine rings is 1. The van der Waals surface area contributed by atoms with E-state index in [9.17, 15) is 10.0 Å². The van der Waals surface area contributed by atoms with Gasteiger partial charge in [0.2, 0.25) is 5.91 Å². The van der Waals surface area contributed by atoms with Crippen LogP contribution < -0.4 is 10.6 Å². The summed E-state index contributed by atoms with van der Waals surface area (Å²) >= 11 is 0. The molecule has 0 unspecified atom stereocenters. The highest BCUT2D eigenvalue weighted by Gasteiger charge is 2.71. The van der Waals surface area contributed by atoms with Gasteiger partial charge in [-0.1, -0.05) is 25.9 Å². The van der Waals surface area contributed by atoms with E-state index in [1.807, 2.05) is 0 Å². The van der Waals surface area contributed by atoms with Crippen molar-refractivity contribution in [1.29, 1.82) is 0 Å². The van der Waals surface area contributed by atoms with E-state index in [0.717, 1.165) is 31.4 Å². The van der Waals surface area contributed by atoms with Crippen molar-refractivity contribution in [3.8, 4) is 0 Å². The summed E-state index contributed by atoms with van der Waals surface area (Å²) in [5, 5.41) is 18.9. The molecule has 1 aliphatic heterocycles. The first-order chi connectivity index (χ1) is 11.3. The van der Waals surface area contributed by atoms with Gasteiger partial charge in [-0.05, 0) is 46.0 Å². The third-order valence-electron chi connectivity index (χ3n) is 7.95. The Morgan fingerprint density at radius 3 is 2.12 bits per heavy atom. The number of hydrogen-bond donors (Lipinski definition) is 3. The van der Waals surface area contributed by atoms with E-state index in [0.29, 0.717) is 6.42 Å². The highest BCUT2D eigenvalue weighted by atomic mass is 16.4. The molecule has 0 aromatic heterocycles. The topological polar surface area (TPSA) is 78.3 Å². The van der Waals surface area contributed by atoms with Crippen LogP contribution in [-0.4, -0.2) is 33.9 Å². The Balaban J connectivity index is 1.85. The minimum Gasteiger partial charge on any atom is -0.411 e. The smallest absolute Gasteiger partial charge is 0.227 e. The van der Waals surface area contributed by atoms with Crippen molar-refractivity contribution in [2.75, 3.05) is 0 Å². The summed E-state index contributed by atoms with van der Waals surface area (Å²) < 4.78 is 0. The zero-order valence-corrected chi connectivity index (χ0v) is 17.0. The van der Waals surface area contributed by atoms with Crippen molar-refractivity contribution in [1.82, 2.24) is 5.32 Å². The average molecular weight is 351 g/mol. The largest absolute Gasteiger partial charge is 0.411 e. The third kappa shape index (κ3) is 2.53. The zero-order valence-electron chi connectivity index (χ0n) is 17.0. The Morgan fingerprint density at radius 2 is 1.64 bits per heavy atom. The molecule has 2 atom stereocenters. The van der Waals surface area contributed by atoms with Crippen molar-refractivity contribution < 1.29 is 15.3 Å². The van der Waals surface area contributed by atoms with Crippen LogP contribution in [0.15, 0.2) is 5.16 Å². The van der Waals surface area contributed by atoms with Gasteiger partial charge in [-0.25, -0.2) is 0 Å². The summed E-state index contributed by atoms with van der Waals surface area (Å²) in [6.07, 6.45) is 4.35. The molecule has 1 heterocycles. The van der Waals surface area contributed by atoms with Crippen LogP contribution in [0.2, 0.25) is 0 Å². The molecule has 4 N–H and O–H groups in total. The van der Waals surface area contributed by atoms with Crippen LogP contribution in [0, 0.1) is 16.2 Å². The lowest BCUT2D eigenvalue weighted by atomic mass is 9.64. The summed E-state index contributed by atoms with van der Waals surface area (Å²) in [7, 11) is 0. The Bertz CT molecular complexity index is 606. The number of amides is 1. The zero-order chi connectivity index (χ0) is 18.9. The van der Waals surface area contributed by atoms with Gasteiger partial charge in [-0.15, -0.1) is 0 Å². The quantitative estimate of drug-likeness (QED) is 0.528. The molecule has 3 aliphatic rings. The first-order valence-electron chi connectivity index (χ1n) is 9.68. The molecule has 0 aromatic carbocycles. The second-order valence-corrected chi connectivity index (χ2v) is 11.0. The van der Waals surface area contributed by atoms with Gasteiger partial charge < -0.3 is 15.8 Å². The molecule has 5 heteroatoms. The maximum Gasteiger partial charge on any atom is 0.227 e. The van der Waals surface area contributed by atoms with Crippen molar-refractivity contribution in [2.24, 2.45) is 21.4 Å². The van der Waals surface area contributed by atoms with Gasteiger partial charge in [0.1, 0.15) is 0 Å². The number of nitrogens with two attached hydrogens (primary N) is 1. The second kappa shape index (κ2) is 5.21. The average Bonchev–Trinajstić information content (AvgIpc) is 2.73. The molecule has 25 heavy (non-hydrogen) atoms. The first-order valence-corrected chi connectivity index (χ1v) is 9.68. The molecular weight excluding hydrogens is 314 g/mol. The normalized spacial score (nSPS) is 40.4. The van der Waals surface area contributed by atoms with Crippen molar-refractivity contribution in [2.45, 2.75) is 97.7 Å². The molecule has 142 valence electrons. The Morgan fingerprint density at radius 1 is 1.08 bits per heavy atom. The summed E-state index contributed by atoms with van der Waals surface area (Å²) in [5.41, 5.74) is 0.236. The molecular formula is C20H36N3O2+. The van der Waals surface area contributed by atoms with E-state index in [2.05, 4.69) is 64.3 Å². The fourth-order valence-corrected chi connectivity index (χ4v) is 6.48. The highest BCUT2D eigenvalue weighted by Crippen LogP contribution is 2.70. The van der Waals surface area contributed by atoms with Crippen LogP contribution in [0.3, 0.4) is 0 Å². The summed E-state index contributed by atoms with van der Waals surface area (Å²) in [6, 6.07) is 0.203. The van der Waals surface area contributed by atoms with Crippen LogP contribution in [0.4, 0.5) is 0 Å². The number of nitrogens with one attached hydrogen (secondary N) is 1. The Kier molecular flexibility index (Phi) is 3.90. The summed E-state index contributed by atoms with van der Waals surface area (Å²) in [5.74, 6) is 0.165. The molecule has 0 aromatic rings. The van der Waals surface area contributed by atoms with Gasteiger partial charge in [0.05, 0.1) is 22.2 Å². The summed E-state index contributed by atoms with van der Waals surface area (Å²) in [4.78, 5) is 13.5. The third-order valence-corrected chi connectivity index (χ3v) is 7.95. The van der Waals surface area contributed by atoms with Crippen LogP contribution >= 0.6 is 0 Å². The number of rotatable bonds is 2. The molecule has 5 nitrogen and oxygen atoms in total. The standard InChI is InChI=1S/C20H35N3O2/c1-16(2)10-13(11-17(3,4)23-16)21-15(24)20-9-8-19(7,18(20,5)6)14(12-20)22-25/h13,23,25H,8-12H2,1-7H3,(H,21,24)/p+1/b22-14-/t19-,20-/m0/s1. The monoisotopic (exact) mass is 350 g/mol. The van der Waals surface area contributed by atoms with Crippen molar-refractivity contribution in [3.05, 3.63) is 0 Å².